The number of nitrogens with one attached hydrogen (secondary N) is 1. The van der Waals surface area contributed by atoms with Crippen molar-refractivity contribution in [3.8, 4) is 0 Å². The van der Waals surface area contributed by atoms with Crippen molar-refractivity contribution >= 4 is 31.9 Å². The van der Waals surface area contributed by atoms with Gasteiger partial charge in [0.15, 0.2) is 0 Å². The van der Waals surface area contributed by atoms with Crippen LogP contribution in [0.1, 0.15) is 49.8 Å². The lowest BCUT2D eigenvalue weighted by Gasteiger charge is -2.33. The van der Waals surface area contributed by atoms with Gasteiger partial charge in [-0.15, -0.1) is 0 Å². The molecule has 3 heteroatoms. The second-order valence-corrected chi connectivity index (χ2v) is 7.62. The van der Waals surface area contributed by atoms with Crippen LogP contribution in [-0.2, 0) is 0 Å². The van der Waals surface area contributed by atoms with Crippen LogP contribution in [0.4, 0.5) is 0 Å². The van der Waals surface area contributed by atoms with Crippen molar-refractivity contribution < 1.29 is 0 Å². The first-order valence-corrected chi connectivity index (χ1v) is 8.74. The molecule has 1 N–H and O–H groups in total. The molecule has 1 aromatic carbocycles. The summed E-state index contributed by atoms with van der Waals surface area (Å²) in [5.74, 6) is 1.66. The zero-order valence-electron chi connectivity index (χ0n) is 12.0. The number of benzene rings is 1. The Kier molecular flexibility index (Phi) is 5.50. The first kappa shape index (κ1) is 15.5. The topological polar surface area (TPSA) is 12.0 Å². The number of halogens is 2. The predicted molar refractivity (Wildman–Crippen MR) is 89.5 cm³/mol. The highest BCUT2D eigenvalue weighted by Crippen LogP contribution is 2.40. The molecule has 1 unspecified atom stereocenters. The lowest BCUT2D eigenvalue weighted by atomic mass is 9.77. The van der Waals surface area contributed by atoms with Gasteiger partial charge in [0.05, 0.1) is 0 Å². The molecule has 0 radical (unpaired) electrons. The summed E-state index contributed by atoms with van der Waals surface area (Å²) < 4.78 is 2.43. The monoisotopic (exact) mass is 387 g/mol. The highest BCUT2D eigenvalue weighted by atomic mass is 79.9. The molecule has 106 valence electrons. The van der Waals surface area contributed by atoms with Gasteiger partial charge in [-0.05, 0) is 61.9 Å². The predicted octanol–water partition coefficient (Wildman–Crippen LogP) is 5.61. The first-order valence-electron chi connectivity index (χ1n) is 7.15. The highest BCUT2D eigenvalue weighted by molar-refractivity contribution is 9.11. The average molecular weight is 389 g/mol. The van der Waals surface area contributed by atoms with E-state index >= 15 is 0 Å². The van der Waals surface area contributed by atoms with Crippen LogP contribution in [0, 0.1) is 18.8 Å². The maximum Gasteiger partial charge on any atom is 0.0357 e. The van der Waals surface area contributed by atoms with Crippen molar-refractivity contribution in [2.45, 2.75) is 45.6 Å². The van der Waals surface area contributed by atoms with E-state index in [0.717, 1.165) is 11.8 Å². The molecule has 1 nitrogen and oxygen atoms in total. The Labute approximate surface area is 133 Å². The molecule has 0 spiro atoms. The molecule has 1 atom stereocenters. The number of hydrogen-bond acceptors (Lipinski definition) is 1. The zero-order valence-corrected chi connectivity index (χ0v) is 15.1. The van der Waals surface area contributed by atoms with E-state index in [9.17, 15) is 0 Å². The molecule has 1 aromatic rings. The third-order valence-corrected chi connectivity index (χ3v) is 6.00. The minimum atomic E-state index is 0.457. The summed E-state index contributed by atoms with van der Waals surface area (Å²) in [4.78, 5) is 0. The molecule has 0 bridgehead atoms. The second-order valence-electron chi connectivity index (χ2n) is 5.91. The molecule has 0 amide bonds. The quantitative estimate of drug-likeness (QED) is 0.709. The third-order valence-electron chi connectivity index (χ3n) is 4.46. The van der Waals surface area contributed by atoms with Crippen molar-refractivity contribution in [2.24, 2.45) is 11.8 Å². The van der Waals surface area contributed by atoms with Gasteiger partial charge in [0.2, 0.25) is 0 Å². The minimum absolute atomic E-state index is 0.457. The van der Waals surface area contributed by atoms with Gasteiger partial charge < -0.3 is 5.32 Å². The van der Waals surface area contributed by atoms with Gasteiger partial charge >= 0.3 is 0 Å². The average Bonchev–Trinajstić information content (AvgIpc) is 2.38. The Morgan fingerprint density at radius 1 is 1.11 bits per heavy atom. The van der Waals surface area contributed by atoms with Crippen molar-refractivity contribution in [1.29, 1.82) is 0 Å². The van der Waals surface area contributed by atoms with Gasteiger partial charge in [-0.1, -0.05) is 51.6 Å². The smallest absolute Gasteiger partial charge is 0.0357 e. The molecule has 19 heavy (non-hydrogen) atoms. The number of rotatable bonds is 3. The van der Waals surface area contributed by atoms with Gasteiger partial charge in [0.1, 0.15) is 0 Å². The maximum atomic E-state index is 3.74. The molecule has 1 aliphatic rings. The minimum Gasteiger partial charge on any atom is -0.313 e. The fourth-order valence-electron chi connectivity index (χ4n) is 3.16. The largest absolute Gasteiger partial charge is 0.313 e. The van der Waals surface area contributed by atoms with E-state index < -0.39 is 0 Å². The van der Waals surface area contributed by atoms with E-state index in [2.05, 4.69) is 70.2 Å². The van der Waals surface area contributed by atoms with E-state index in [1.165, 1.54) is 45.8 Å². The maximum absolute atomic E-state index is 3.74. The summed E-state index contributed by atoms with van der Waals surface area (Å²) in [7, 11) is 2.09. The Balaban J connectivity index is 2.24. The van der Waals surface area contributed by atoms with E-state index in [0.29, 0.717) is 6.04 Å². The van der Waals surface area contributed by atoms with Crippen molar-refractivity contribution in [3.63, 3.8) is 0 Å². The van der Waals surface area contributed by atoms with Crippen LogP contribution in [0.2, 0.25) is 0 Å². The van der Waals surface area contributed by atoms with Crippen molar-refractivity contribution in [3.05, 3.63) is 32.2 Å². The van der Waals surface area contributed by atoms with Crippen molar-refractivity contribution in [2.75, 3.05) is 7.05 Å². The van der Waals surface area contributed by atoms with Crippen LogP contribution in [0.5, 0.6) is 0 Å². The van der Waals surface area contributed by atoms with Crippen LogP contribution in [0.3, 0.4) is 0 Å². The van der Waals surface area contributed by atoms with E-state index in [4.69, 9.17) is 0 Å². The van der Waals surface area contributed by atoms with E-state index in [-0.39, 0.29) is 0 Å². The Morgan fingerprint density at radius 2 is 1.74 bits per heavy atom. The normalized spacial score (nSPS) is 25.3. The van der Waals surface area contributed by atoms with Gasteiger partial charge in [0, 0.05) is 15.0 Å². The second kappa shape index (κ2) is 6.73. The SMILES string of the molecule is CNC(c1cc(Br)c(C)cc1Br)C1CCC(C)CC1. The van der Waals surface area contributed by atoms with Gasteiger partial charge in [-0.3, -0.25) is 0 Å². The van der Waals surface area contributed by atoms with Crippen LogP contribution < -0.4 is 5.32 Å². The molecule has 1 saturated carbocycles. The zero-order chi connectivity index (χ0) is 14.0. The molecule has 0 aliphatic heterocycles. The number of hydrogen-bond donors (Lipinski definition) is 1. The third kappa shape index (κ3) is 3.62. The standard InChI is InChI=1S/C16H23Br2N/c1-10-4-6-12(7-5-10)16(19-3)13-9-14(17)11(2)8-15(13)18/h8-10,12,16,19H,4-7H2,1-3H3. The Hall–Kier alpha value is 0.140. The van der Waals surface area contributed by atoms with Gasteiger partial charge in [0.25, 0.3) is 0 Å². The molecule has 2 rings (SSSR count). The summed E-state index contributed by atoms with van der Waals surface area (Å²) in [6.07, 6.45) is 5.41. The van der Waals surface area contributed by atoms with Gasteiger partial charge in [-0.2, -0.15) is 0 Å². The van der Waals surface area contributed by atoms with Crippen LogP contribution in [0.25, 0.3) is 0 Å². The molecule has 0 saturated heterocycles. The van der Waals surface area contributed by atoms with Gasteiger partial charge in [-0.25, -0.2) is 0 Å². The summed E-state index contributed by atoms with van der Waals surface area (Å²) in [6.45, 7) is 4.51. The first-order chi connectivity index (χ1) is 9.02. The van der Waals surface area contributed by atoms with Crippen molar-refractivity contribution in [1.82, 2.24) is 5.32 Å². The Bertz CT molecular complexity index is 437. The lowest BCUT2D eigenvalue weighted by Crippen LogP contribution is -2.28. The van der Waals surface area contributed by atoms with E-state index in [1.807, 2.05) is 0 Å². The van der Waals surface area contributed by atoms with Crippen LogP contribution in [0.15, 0.2) is 21.1 Å². The fraction of sp³-hybridized carbons (Fsp3) is 0.625. The van der Waals surface area contributed by atoms with Crippen LogP contribution in [-0.4, -0.2) is 7.05 Å². The molecular formula is C16H23Br2N. The molecule has 0 heterocycles. The number of aryl methyl sites for hydroxylation is 1. The summed E-state index contributed by atoms with van der Waals surface area (Å²) in [5.41, 5.74) is 2.67. The fourth-order valence-corrected chi connectivity index (χ4v) is 4.23. The summed E-state index contributed by atoms with van der Waals surface area (Å²) in [5, 5.41) is 3.54. The molecular weight excluding hydrogens is 366 g/mol. The summed E-state index contributed by atoms with van der Waals surface area (Å²) >= 11 is 7.40. The highest BCUT2D eigenvalue weighted by Gasteiger charge is 2.27. The Morgan fingerprint density at radius 3 is 2.32 bits per heavy atom. The van der Waals surface area contributed by atoms with E-state index in [1.54, 1.807) is 0 Å². The molecule has 1 aliphatic carbocycles. The molecule has 0 aromatic heterocycles. The lowest BCUT2D eigenvalue weighted by molar-refractivity contribution is 0.237. The summed E-state index contributed by atoms with van der Waals surface area (Å²) in [6, 6.07) is 4.95. The molecule has 1 fully saturated rings. The van der Waals surface area contributed by atoms with Crippen LogP contribution >= 0.6 is 31.9 Å².